The van der Waals surface area contributed by atoms with E-state index >= 15 is 0 Å². The van der Waals surface area contributed by atoms with E-state index in [2.05, 4.69) is 22.0 Å². The minimum Gasteiger partial charge on any atom is -0.482 e. The second-order valence-corrected chi connectivity index (χ2v) is 13.1. The fraction of sp³-hybridized carbons (Fsp3) is 0.515. The fourth-order valence-corrected chi connectivity index (χ4v) is 7.82. The molecule has 11 heteroatoms. The monoisotopic (exact) mass is 597 g/mol. The molecule has 8 rings (SSSR count). The summed E-state index contributed by atoms with van der Waals surface area (Å²) in [6.07, 6.45) is 4.26. The van der Waals surface area contributed by atoms with Crippen LogP contribution in [0.5, 0.6) is 5.88 Å². The number of imidazole rings is 1. The molecule has 230 valence electrons. The van der Waals surface area contributed by atoms with E-state index in [1.807, 2.05) is 41.3 Å². The number of nitrogens with one attached hydrogen (secondary N) is 1. The second kappa shape index (κ2) is 10.3. The van der Waals surface area contributed by atoms with Crippen LogP contribution in [0.4, 0.5) is 0 Å². The number of carbonyl (C=O) groups excluding carboxylic acids is 2. The first-order valence-corrected chi connectivity index (χ1v) is 15.8. The molecule has 3 fully saturated rings. The minimum atomic E-state index is -0.229. The molecule has 44 heavy (non-hydrogen) atoms. The fourth-order valence-electron chi connectivity index (χ4n) is 7.82. The molecule has 7 heterocycles. The van der Waals surface area contributed by atoms with Gasteiger partial charge in [-0.2, -0.15) is 0 Å². The lowest BCUT2D eigenvalue weighted by Crippen LogP contribution is -2.40. The van der Waals surface area contributed by atoms with Crippen molar-refractivity contribution in [3.63, 3.8) is 0 Å². The van der Waals surface area contributed by atoms with Crippen LogP contribution >= 0.6 is 0 Å². The summed E-state index contributed by atoms with van der Waals surface area (Å²) >= 11 is 0. The first-order valence-electron chi connectivity index (χ1n) is 15.8. The Morgan fingerprint density at radius 3 is 2.77 bits per heavy atom. The van der Waals surface area contributed by atoms with Crippen molar-refractivity contribution in [1.82, 2.24) is 29.2 Å². The van der Waals surface area contributed by atoms with Crippen LogP contribution in [0, 0.1) is 18.8 Å². The number of aryl methyl sites for hydroxylation is 1. The number of amides is 2. The molecule has 3 aliphatic heterocycles. The molecule has 1 aliphatic carbocycles. The van der Waals surface area contributed by atoms with Gasteiger partial charge in [0.25, 0.3) is 5.91 Å². The van der Waals surface area contributed by atoms with E-state index in [1.165, 1.54) is 0 Å². The van der Waals surface area contributed by atoms with Gasteiger partial charge >= 0.3 is 0 Å². The van der Waals surface area contributed by atoms with Crippen molar-refractivity contribution in [2.24, 2.45) is 17.6 Å². The maximum Gasteiger partial charge on any atom is 0.254 e. The van der Waals surface area contributed by atoms with Gasteiger partial charge in [0.2, 0.25) is 5.91 Å². The molecule has 6 atom stereocenters. The number of carbonyl (C=O) groups is 2. The minimum absolute atomic E-state index is 0.00402. The molecule has 0 radical (unpaired) electrons. The van der Waals surface area contributed by atoms with Crippen LogP contribution in [0.3, 0.4) is 0 Å². The SMILES string of the molecule is COc1cc(C(=O)N2[C@H]3CC[C@@H]2[C@H](N)C3)cc2nc(-c3cc4ccc5nc4n3C[C@H]3C[C@H]3COCCC(=O)N[C@@H]5C)c(C)n12. The molecule has 3 N–H and O–H groups in total. The molecule has 0 spiro atoms. The van der Waals surface area contributed by atoms with Gasteiger partial charge in [0, 0.05) is 54.7 Å². The highest BCUT2D eigenvalue weighted by atomic mass is 16.5. The molecule has 11 nitrogen and oxygen atoms in total. The predicted molar refractivity (Wildman–Crippen MR) is 164 cm³/mol. The largest absolute Gasteiger partial charge is 0.482 e. The van der Waals surface area contributed by atoms with E-state index in [4.69, 9.17) is 25.2 Å². The van der Waals surface area contributed by atoms with Gasteiger partial charge in [0.05, 0.1) is 36.8 Å². The van der Waals surface area contributed by atoms with Crippen molar-refractivity contribution in [2.45, 2.75) is 76.7 Å². The van der Waals surface area contributed by atoms with Crippen LogP contribution in [0.2, 0.25) is 0 Å². The Labute approximate surface area is 255 Å². The summed E-state index contributed by atoms with van der Waals surface area (Å²) in [7, 11) is 1.63. The van der Waals surface area contributed by atoms with E-state index in [9.17, 15) is 9.59 Å². The third-order valence-electron chi connectivity index (χ3n) is 10.3. The number of pyridine rings is 2. The van der Waals surface area contributed by atoms with E-state index in [0.29, 0.717) is 48.6 Å². The van der Waals surface area contributed by atoms with Crippen molar-refractivity contribution in [2.75, 3.05) is 20.3 Å². The Kier molecular flexibility index (Phi) is 6.46. The molecule has 0 aromatic carbocycles. The highest BCUT2D eigenvalue weighted by Crippen LogP contribution is 2.43. The summed E-state index contributed by atoms with van der Waals surface area (Å²) in [4.78, 5) is 38.5. The van der Waals surface area contributed by atoms with Gasteiger partial charge in [-0.3, -0.25) is 14.0 Å². The second-order valence-electron chi connectivity index (χ2n) is 13.1. The van der Waals surface area contributed by atoms with Gasteiger partial charge in [0.15, 0.2) is 5.88 Å². The van der Waals surface area contributed by atoms with Crippen molar-refractivity contribution < 1.29 is 19.1 Å². The average Bonchev–Trinajstić information content (AvgIpc) is 3.27. The molecule has 4 aromatic rings. The van der Waals surface area contributed by atoms with Gasteiger partial charge in [-0.15, -0.1) is 0 Å². The Hall–Kier alpha value is -3.96. The average molecular weight is 598 g/mol. The van der Waals surface area contributed by atoms with Gasteiger partial charge < -0.3 is 30.0 Å². The quantitative estimate of drug-likeness (QED) is 0.369. The zero-order valence-electron chi connectivity index (χ0n) is 25.5. The van der Waals surface area contributed by atoms with Crippen LogP contribution in [0.1, 0.15) is 66.8 Å². The number of fused-ring (bicyclic) bond motifs is 5. The molecule has 2 amide bonds. The van der Waals surface area contributed by atoms with Crippen LogP contribution in [-0.4, -0.2) is 74.1 Å². The van der Waals surface area contributed by atoms with Gasteiger partial charge in [-0.1, -0.05) is 0 Å². The molecule has 4 bridgehead atoms. The standard InChI is InChI=1S/C33H39N7O4/c1-17-25-6-4-19-11-27(38(32(19)36-25)15-21-10-22(21)16-44-9-8-29(41)35-17)31-18(2)39-28(37-31)12-20(13-30(39)43-3)33(42)40-23-5-7-26(40)24(34)14-23/h4,6,11-13,17,21-24,26H,5,7-10,14-16,34H2,1-3H3,(H,35,41)/t17-,21-,22+,23+,24-,26-/m1/s1. The number of nitrogens with two attached hydrogens (primary N) is 1. The number of aromatic nitrogens is 4. The van der Waals surface area contributed by atoms with Crippen LogP contribution in [0.15, 0.2) is 30.3 Å². The molecule has 4 aliphatic rings. The number of nitrogens with zero attached hydrogens (tertiary/aromatic N) is 5. The highest BCUT2D eigenvalue weighted by molar-refractivity contribution is 5.97. The summed E-state index contributed by atoms with van der Waals surface area (Å²) < 4.78 is 16.0. The lowest BCUT2D eigenvalue weighted by molar-refractivity contribution is -0.122. The van der Waals surface area contributed by atoms with Gasteiger partial charge in [0.1, 0.15) is 17.0 Å². The van der Waals surface area contributed by atoms with Gasteiger partial charge in [-0.25, -0.2) is 9.97 Å². The Morgan fingerprint density at radius 1 is 1.14 bits per heavy atom. The topological polar surface area (TPSA) is 129 Å². The number of ether oxygens (including phenoxy) is 2. The third kappa shape index (κ3) is 4.39. The number of hydrogen-bond donors (Lipinski definition) is 2. The van der Waals surface area contributed by atoms with Crippen molar-refractivity contribution in [1.29, 1.82) is 0 Å². The lowest BCUT2D eigenvalue weighted by atomic mass is 9.97. The van der Waals surface area contributed by atoms with Crippen LogP contribution < -0.4 is 15.8 Å². The van der Waals surface area contributed by atoms with Crippen molar-refractivity contribution >= 4 is 28.5 Å². The molecule has 4 aromatic heterocycles. The van der Waals surface area contributed by atoms with Crippen molar-refractivity contribution in [3.05, 3.63) is 47.3 Å². The van der Waals surface area contributed by atoms with E-state index < -0.39 is 0 Å². The van der Waals surface area contributed by atoms with E-state index in [-0.39, 0.29) is 36.0 Å². The normalized spacial score (nSPS) is 28.4. The zero-order valence-corrected chi connectivity index (χ0v) is 25.5. The van der Waals surface area contributed by atoms with E-state index in [1.54, 1.807) is 7.11 Å². The maximum absolute atomic E-state index is 13.8. The summed E-state index contributed by atoms with van der Waals surface area (Å²) in [6, 6.07) is 10.0. The summed E-state index contributed by atoms with van der Waals surface area (Å²) in [5.74, 6) is 1.45. The number of hydrogen-bond acceptors (Lipinski definition) is 7. The molecular weight excluding hydrogens is 558 g/mol. The summed E-state index contributed by atoms with van der Waals surface area (Å²) in [5.41, 5.74) is 12.0. The molecular formula is C33H39N7O4. The smallest absolute Gasteiger partial charge is 0.254 e. The predicted octanol–water partition coefficient (Wildman–Crippen LogP) is 3.61. The number of rotatable bonds is 3. The lowest BCUT2D eigenvalue weighted by Gasteiger charge is -2.23. The molecule has 0 unspecified atom stereocenters. The first-order chi connectivity index (χ1) is 21.3. The van der Waals surface area contributed by atoms with Crippen LogP contribution in [0.25, 0.3) is 28.1 Å². The Balaban J connectivity index is 1.23. The third-order valence-corrected chi connectivity index (χ3v) is 10.3. The van der Waals surface area contributed by atoms with E-state index in [0.717, 1.165) is 66.0 Å². The first kappa shape index (κ1) is 27.6. The Bertz CT molecular complexity index is 1810. The van der Waals surface area contributed by atoms with Gasteiger partial charge in [-0.05, 0) is 75.6 Å². The van der Waals surface area contributed by atoms with Crippen LogP contribution in [-0.2, 0) is 16.1 Å². The Morgan fingerprint density at radius 2 is 2.00 bits per heavy atom. The maximum atomic E-state index is 13.8. The number of methoxy groups -OCH3 is 1. The summed E-state index contributed by atoms with van der Waals surface area (Å²) in [6.45, 7) is 5.88. The summed E-state index contributed by atoms with van der Waals surface area (Å²) in [5, 5.41) is 4.08. The zero-order chi connectivity index (χ0) is 30.3. The molecule has 1 saturated carbocycles. The van der Waals surface area contributed by atoms with Crippen molar-refractivity contribution in [3.8, 4) is 17.3 Å². The highest BCUT2D eigenvalue weighted by Gasteiger charge is 2.47. The molecule has 2 saturated heterocycles.